The Kier molecular flexibility index (Phi) is 3.23. The van der Waals surface area contributed by atoms with Gasteiger partial charge in [-0.25, -0.2) is 9.97 Å². The van der Waals surface area contributed by atoms with Gasteiger partial charge in [0.05, 0.1) is 10.7 Å². The van der Waals surface area contributed by atoms with E-state index in [1.807, 2.05) is 13.1 Å². The fraction of sp³-hybridized carbons (Fsp3) is 0.417. The molecule has 18 heavy (non-hydrogen) atoms. The molecule has 0 bridgehead atoms. The van der Waals surface area contributed by atoms with Gasteiger partial charge in [-0.15, -0.1) is 11.3 Å². The Bertz CT molecular complexity index is 617. The summed E-state index contributed by atoms with van der Waals surface area (Å²) in [7, 11) is 0. The topological polar surface area (TPSA) is 44.8 Å². The van der Waals surface area contributed by atoms with Crippen molar-refractivity contribution in [2.24, 2.45) is 0 Å². The van der Waals surface area contributed by atoms with Gasteiger partial charge < -0.3 is 4.98 Å². The van der Waals surface area contributed by atoms with Gasteiger partial charge in [0.25, 0.3) is 0 Å². The van der Waals surface area contributed by atoms with E-state index in [9.17, 15) is 0 Å². The molecule has 94 valence electrons. The van der Waals surface area contributed by atoms with Crippen molar-refractivity contribution >= 4 is 23.6 Å². The zero-order valence-electron chi connectivity index (χ0n) is 10.1. The van der Waals surface area contributed by atoms with Gasteiger partial charge in [-0.1, -0.05) is 0 Å². The summed E-state index contributed by atoms with van der Waals surface area (Å²) < 4.78 is 0.581. The molecule has 0 atom stereocenters. The van der Waals surface area contributed by atoms with Crippen molar-refractivity contribution < 1.29 is 0 Å². The van der Waals surface area contributed by atoms with Crippen molar-refractivity contribution in [1.82, 2.24) is 19.9 Å². The first kappa shape index (κ1) is 12.0. The van der Waals surface area contributed by atoms with E-state index < -0.39 is 0 Å². The Hall–Kier alpha value is -1.11. The van der Waals surface area contributed by atoms with Crippen molar-refractivity contribution in [1.29, 1.82) is 0 Å². The molecule has 2 aromatic heterocycles. The molecule has 1 N–H and O–H groups in total. The van der Waals surface area contributed by atoms with E-state index >= 15 is 0 Å². The fourth-order valence-corrected chi connectivity index (χ4v) is 3.03. The summed E-state index contributed by atoms with van der Waals surface area (Å²) in [5.41, 5.74) is 3.65. The second-order valence-electron chi connectivity index (χ2n) is 4.51. The summed E-state index contributed by atoms with van der Waals surface area (Å²) in [6.07, 6.45) is 2.90. The average molecular weight is 278 g/mol. The molecule has 0 amide bonds. The minimum atomic E-state index is 0.581. The van der Waals surface area contributed by atoms with Crippen molar-refractivity contribution in [3.63, 3.8) is 0 Å². The fourth-order valence-electron chi connectivity index (χ4n) is 2.25. The molecule has 0 aromatic carbocycles. The van der Waals surface area contributed by atoms with Crippen LogP contribution in [0.3, 0.4) is 0 Å². The van der Waals surface area contributed by atoms with E-state index in [2.05, 4.69) is 25.2 Å². The normalized spacial score (nSPS) is 15.6. The molecular weight excluding hydrogens is 264 g/mol. The van der Waals surface area contributed by atoms with Crippen LogP contribution in [0.2, 0.25) is 0 Å². The van der Waals surface area contributed by atoms with Crippen LogP contribution < -0.4 is 0 Å². The number of rotatable bonds is 2. The second kappa shape index (κ2) is 4.87. The smallest absolute Gasteiger partial charge is 0.196 e. The molecule has 0 aliphatic carbocycles. The number of H-pyrrole nitrogens is 1. The molecule has 2 aromatic rings. The standard InChI is InChI=1S/C12H14N4S2/c1-8-14-10(7-18-8)6-16-3-2-11-9(5-16)4-13-12(17)15-11/h4,7H,2-3,5-6H2,1H3,(H,13,15,17). The summed E-state index contributed by atoms with van der Waals surface area (Å²) in [6, 6.07) is 0. The molecule has 6 heteroatoms. The highest BCUT2D eigenvalue weighted by molar-refractivity contribution is 7.71. The number of aryl methyl sites for hydroxylation is 1. The van der Waals surface area contributed by atoms with Crippen LogP contribution in [-0.4, -0.2) is 26.4 Å². The Balaban J connectivity index is 1.75. The van der Waals surface area contributed by atoms with Crippen molar-refractivity contribution in [2.75, 3.05) is 6.54 Å². The Morgan fingerprint density at radius 2 is 2.44 bits per heavy atom. The molecule has 0 radical (unpaired) electrons. The third-order valence-corrected chi connectivity index (χ3v) is 4.14. The van der Waals surface area contributed by atoms with E-state index in [1.54, 1.807) is 11.3 Å². The number of nitrogens with zero attached hydrogens (tertiary/aromatic N) is 3. The Morgan fingerprint density at radius 3 is 3.22 bits per heavy atom. The number of aromatic amines is 1. The van der Waals surface area contributed by atoms with Crippen LogP contribution in [0.25, 0.3) is 0 Å². The van der Waals surface area contributed by atoms with Gasteiger partial charge in [0.15, 0.2) is 4.77 Å². The number of thiazole rings is 1. The molecule has 3 rings (SSSR count). The van der Waals surface area contributed by atoms with Crippen LogP contribution in [0.4, 0.5) is 0 Å². The molecule has 0 spiro atoms. The van der Waals surface area contributed by atoms with Gasteiger partial charge in [0.1, 0.15) is 0 Å². The lowest BCUT2D eigenvalue weighted by Gasteiger charge is -2.27. The van der Waals surface area contributed by atoms with Crippen molar-refractivity contribution in [3.05, 3.63) is 38.3 Å². The van der Waals surface area contributed by atoms with E-state index in [4.69, 9.17) is 12.2 Å². The van der Waals surface area contributed by atoms with Crippen LogP contribution >= 0.6 is 23.6 Å². The predicted molar refractivity (Wildman–Crippen MR) is 74.1 cm³/mol. The predicted octanol–water partition coefficient (Wildman–Crippen LogP) is 2.46. The van der Waals surface area contributed by atoms with Crippen molar-refractivity contribution in [2.45, 2.75) is 26.4 Å². The molecule has 0 fully saturated rings. The van der Waals surface area contributed by atoms with Crippen LogP contribution in [0.1, 0.15) is 22.0 Å². The zero-order valence-corrected chi connectivity index (χ0v) is 11.8. The summed E-state index contributed by atoms with van der Waals surface area (Å²) in [4.78, 5) is 14.2. The lowest BCUT2D eigenvalue weighted by Crippen LogP contribution is -2.31. The van der Waals surface area contributed by atoms with Crippen molar-refractivity contribution in [3.8, 4) is 0 Å². The third kappa shape index (κ3) is 2.50. The highest BCUT2D eigenvalue weighted by atomic mass is 32.1. The van der Waals surface area contributed by atoms with E-state index in [-0.39, 0.29) is 0 Å². The van der Waals surface area contributed by atoms with E-state index in [0.29, 0.717) is 4.77 Å². The summed E-state index contributed by atoms with van der Waals surface area (Å²) >= 11 is 6.76. The van der Waals surface area contributed by atoms with E-state index in [0.717, 1.165) is 36.8 Å². The average Bonchev–Trinajstić information content (AvgIpc) is 2.75. The molecule has 3 heterocycles. The van der Waals surface area contributed by atoms with Gasteiger partial charge in [-0.2, -0.15) is 0 Å². The summed E-state index contributed by atoms with van der Waals surface area (Å²) in [5.74, 6) is 0. The summed E-state index contributed by atoms with van der Waals surface area (Å²) in [6.45, 7) is 4.92. The van der Waals surface area contributed by atoms with Crippen LogP contribution in [0.5, 0.6) is 0 Å². The number of hydrogen-bond acceptors (Lipinski definition) is 5. The van der Waals surface area contributed by atoms with Crippen LogP contribution in [0, 0.1) is 11.7 Å². The van der Waals surface area contributed by atoms with Gasteiger partial charge in [-0.05, 0) is 19.1 Å². The monoisotopic (exact) mass is 278 g/mol. The maximum atomic E-state index is 5.05. The lowest BCUT2D eigenvalue weighted by atomic mass is 10.1. The molecule has 4 nitrogen and oxygen atoms in total. The first-order valence-electron chi connectivity index (χ1n) is 5.91. The maximum absolute atomic E-state index is 5.05. The SMILES string of the molecule is Cc1nc(CN2CCc3[nH]c(=S)ncc3C2)cs1. The van der Waals surface area contributed by atoms with E-state index in [1.165, 1.54) is 11.3 Å². The third-order valence-electron chi connectivity index (χ3n) is 3.11. The molecule has 0 unspecified atom stereocenters. The van der Waals surface area contributed by atoms with Gasteiger partial charge in [0, 0.05) is 48.9 Å². The van der Waals surface area contributed by atoms with Crippen LogP contribution in [-0.2, 0) is 19.5 Å². The number of fused-ring (bicyclic) bond motifs is 1. The molecule has 1 aliphatic heterocycles. The van der Waals surface area contributed by atoms with Gasteiger partial charge in [-0.3, -0.25) is 4.90 Å². The lowest BCUT2D eigenvalue weighted by molar-refractivity contribution is 0.240. The Labute approximate surface area is 115 Å². The quantitative estimate of drug-likeness (QED) is 0.857. The number of hydrogen-bond donors (Lipinski definition) is 1. The number of nitrogens with one attached hydrogen (secondary N) is 1. The first-order valence-corrected chi connectivity index (χ1v) is 7.20. The van der Waals surface area contributed by atoms with Gasteiger partial charge in [0.2, 0.25) is 0 Å². The Morgan fingerprint density at radius 1 is 1.56 bits per heavy atom. The number of aromatic nitrogens is 3. The molecule has 0 saturated heterocycles. The highest BCUT2D eigenvalue weighted by Crippen LogP contribution is 2.18. The molecule has 0 saturated carbocycles. The first-order chi connectivity index (χ1) is 8.70. The van der Waals surface area contributed by atoms with Crippen LogP contribution in [0.15, 0.2) is 11.6 Å². The minimum absolute atomic E-state index is 0.581. The minimum Gasteiger partial charge on any atom is -0.334 e. The largest absolute Gasteiger partial charge is 0.334 e. The highest BCUT2D eigenvalue weighted by Gasteiger charge is 2.17. The summed E-state index contributed by atoms with van der Waals surface area (Å²) in [5, 5.41) is 3.27. The molecular formula is C12H14N4S2. The maximum Gasteiger partial charge on any atom is 0.196 e. The van der Waals surface area contributed by atoms with Gasteiger partial charge >= 0.3 is 0 Å². The zero-order chi connectivity index (χ0) is 12.5. The second-order valence-corrected chi connectivity index (χ2v) is 5.96. The molecule has 1 aliphatic rings.